The van der Waals surface area contributed by atoms with Gasteiger partial charge in [0.05, 0.1) is 5.56 Å². The molecule has 6 heteroatoms. The Morgan fingerprint density at radius 3 is 2.64 bits per heavy atom. The highest BCUT2D eigenvalue weighted by Crippen LogP contribution is 2.38. The molecule has 0 saturated heterocycles. The molecule has 0 radical (unpaired) electrons. The van der Waals surface area contributed by atoms with E-state index < -0.39 is 0 Å². The van der Waals surface area contributed by atoms with Crippen LogP contribution in [0, 0.1) is 6.92 Å². The number of aryl methyl sites for hydroxylation is 1. The molecule has 6 nitrogen and oxygen atoms in total. The Hall–Kier alpha value is -3.54. The highest BCUT2D eigenvalue weighted by Gasteiger charge is 2.25. The lowest BCUT2D eigenvalue weighted by Gasteiger charge is -2.24. The third kappa shape index (κ3) is 3.62. The Morgan fingerprint density at radius 2 is 1.89 bits per heavy atom. The summed E-state index contributed by atoms with van der Waals surface area (Å²) < 4.78 is 10.6. The Bertz CT molecular complexity index is 1000. The molecule has 28 heavy (non-hydrogen) atoms. The van der Waals surface area contributed by atoms with Crippen LogP contribution in [-0.2, 0) is 13.1 Å². The van der Waals surface area contributed by atoms with E-state index in [4.69, 9.17) is 9.47 Å². The SMILES string of the molecule is Cc1ccccc1CN(Cc1cccnc1)C(=O)c1cc2c(cc1O)OCO2. The second-order valence-corrected chi connectivity index (χ2v) is 6.67. The molecule has 1 aliphatic rings. The molecule has 0 fully saturated rings. The van der Waals surface area contributed by atoms with Gasteiger partial charge < -0.3 is 19.5 Å². The van der Waals surface area contributed by atoms with Crippen LogP contribution in [0.25, 0.3) is 0 Å². The van der Waals surface area contributed by atoms with Crippen LogP contribution in [0.15, 0.2) is 60.9 Å². The average Bonchev–Trinajstić information content (AvgIpc) is 3.16. The van der Waals surface area contributed by atoms with E-state index in [1.165, 1.54) is 12.1 Å². The Kier molecular flexibility index (Phi) is 4.85. The van der Waals surface area contributed by atoms with Gasteiger partial charge in [-0.3, -0.25) is 9.78 Å². The van der Waals surface area contributed by atoms with Crippen LogP contribution in [0.1, 0.15) is 27.0 Å². The van der Waals surface area contributed by atoms with Crippen molar-refractivity contribution in [1.29, 1.82) is 0 Å². The number of carbonyl (C=O) groups excluding carboxylic acids is 1. The van der Waals surface area contributed by atoms with Gasteiger partial charge in [0, 0.05) is 37.6 Å². The quantitative estimate of drug-likeness (QED) is 0.736. The summed E-state index contributed by atoms with van der Waals surface area (Å²) in [6.07, 6.45) is 3.43. The monoisotopic (exact) mass is 376 g/mol. The third-order valence-corrected chi connectivity index (χ3v) is 4.73. The third-order valence-electron chi connectivity index (χ3n) is 4.73. The number of ether oxygens (including phenoxy) is 2. The lowest BCUT2D eigenvalue weighted by molar-refractivity contribution is 0.0726. The van der Waals surface area contributed by atoms with Crippen LogP contribution in [0.5, 0.6) is 17.2 Å². The molecule has 4 rings (SSSR count). The average molecular weight is 376 g/mol. The van der Waals surface area contributed by atoms with Crippen LogP contribution < -0.4 is 9.47 Å². The van der Waals surface area contributed by atoms with Crippen LogP contribution in [0.2, 0.25) is 0 Å². The van der Waals surface area contributed by atoms with E-state index in [1.54, 1.807) is 17.3 Å². The number of pyridine rings is 1. The largest absolute Gasteiger partial charge is 0.507 e. The van der Waals surface area contributed by atoms with Gasteiger partial charge in [-0.25, -0.2) is 0 Å². The Balaban J connectivity index is 1.68. The predicted octanol–water partition coefficient (Wildman–Crippen LogP) is 3.67. The summed E-state index contributed by atoms with van der Waals surface area (Å²) >= 11 is 0. The summed E-state index contributed by atoms with van der Waals surface area (Å²) in [6, 6.07) is 14.6. The zero-order valence-corrected chi connectivity index (χ0v) is 15.5. The van der Waals surface area contributed by atoms with Gasteiger partial charge >= 0.3 is 0 Å². The van der Waals surface area contributed by atoms with Crippen molar-refractivity contribution in [3.8, 4) is 17.2 Å². The second kappa shape index (κ2) is 7.60. The molecule has 0 aliphatic carbocycles. The molecule has 0 unspecified atom stereocenters. The van der Waals surface area contributed by atoms with E-state index in [0.29, 0.717) is 24.6 Å². The molecular weight excluding hydrogens is 356 g/mol. The fourth-order valence-corrected chi connectivity index (χ4v) is 3.18. The highest BCUT2D eigenvalue weighted by molar-refractivity contribution is 5.97. The maximum Gasteiger partial charge on any atom is 0.258 e. The van der Waals surface area contributed by atoms with Gasteiger partial charge in [-0.15, -0.1) is 0 Å². The molecule has 1 aromatic heterocycles. The number of phenolic OH excluding ortho intramolecular Hbond substituents is 1. The summed E-state index contributed by atoms with van der Waals surface area (Å²) in [7, 11) is 0. The molecular formula is C22H20N2O4. The highest BCUT2D eigenvalue weighted by atomic mass is 16.7. The molecule has 3 aromatic rings. The van der Waals surface area contributed by atoms with Crippen molar-refractivity contribution < 1.29 is 19.4 Å². The molecule has 0 atom stereocenters. The molecule has 0 bridgehead atoms. The molecule has 1 amide bonds. The standard InChI is InChI=1S/C22H20N2O4/c1-15-5-2-3-7-17(15)13-24(12-16-6-4-8-23-11-16)22(26)18-9-20-21(10-19(18)25)28-14-27-20/h2-11,25H,12-14H2,1H3. The fourth-order valence-electron chi connectivity index (χ4n) is 3.18. The van der Waals surface area contributed by atoms with Crippen LogP contribution in [0.3, 0.4) is 0 Å². The van der Waals surface area contributed by atoms with Gasteiger partial charge in [-0.1, -0.05) is 30.3 Å². The van der Waals surface area contributed by atoms with Crippen LogP contribution >= 0.6 is 0 Å². The summed E-state index contributed by atoms with van der Waals surface area (Å²) in [5, 5.41) is 10.4. The molecule has 142 valence electrons. The van der Waals surface area contributed by atoms with Crippen molar-refractivity contribution in [3.63, 3.8) is 0 Å². The summed E-state index contributed by atoms with van der Waals surface area (Å²) in [5.74, 6) is 0.475. The number of fused-ring (bicyclic) bond motifs is 1. The molecule has 2 heterocycles. The molecule has 0 spiro atoms. The van der Waals surface area contributed by atoms with Gasteiger partial charge in [-0.05, 0) is 29.7 Å². The number of phenols is 1. The number of amides is 1. The summed E-state index contributed by atoms with van der Waals surface area (Å²) in [5.41, 5.74) is 3.23. The van der Waals surface area contributed by atoms with Crippen molar-refractivity contribution in [2.45, 2.75) is 20.0 Å². The Labute approximate surface area is 163 Å². The van der Waals surface area contributed by atoms with E-state index in [1.807, 2.05) is 43.3 Å². The molecule has 2 aromatic carbocycles. The first-order valence-corrected chi connectivity index (χ1v) is 8.97. The number of carbonyl (C=O) groups is 1. The first-order chi connectivity index (χ1) is 13.6. The van der Waals surface area contributed by atoms with Gasteiger partial charge in [0.1, 0.15) is 5.75 Å². The van der Waals surface area contributed by atoms with Crippen molar-refractivity contribution >= 4 is 5.91 Å². The lowest BCUT2D eigenvalue weighted by atomic mass is 10.1. The van der Waals surface area contributed by atoms with Crippen molar-refractivity contribution in [1.82, 2.24) is 9.88 Å². The number of rotatable bonds is 5. The Morgan fingerprint density at radius 1 is 1.11 bits per heavy atom. The van der Waals surface area contributed by atoms with Gasteiger partial charge in [-0.2, -0.15) is 0 Å². The van der Waals surface area contributed by atoms with Gasteiger partial charge in [0.25, 0.3) is 5.91 Å². The molecule has 1 N–H and O–H groups in total. The van der Waals surface area contributed by atoms with Gasteiger partial charge in [0.2, 0.25) is 6.79 Å². The number of aromatic nitrogens is 1. The molecule has 0 saturated carbocycles. The van der Waals surface area contributed by atoms with E-state index in [0.717, 1.165) is 16.7 Å². The second-order valence-electron chi connectivity index (χ2n) is 6.67. The van der Waals surface area contributed by atoms with E-state index in [-0.39, 0.29) is 24.0 Å². The maximum atomic E-state index is 13.3. The smallest absolute Gasteiger partial charge is 0.258 e. The minimum atomic E-state index is -0.289. The normalized spacial score (nSPS) is 12.0. The molecule has 1 aliphatic heterocycles. The summed E-state index contributed by atoms with van der Waals surface area (Å²) in [4.78, 5) is 19.2. The van der Waals surface area contributed by atoms with E-state index in [2.05, 4.69) is 4.98 Å². The fraction of sp³-hybridized carbons (Fsp3) is 0.182. The van der Waals surface area contributed by atoms with Crippen molar-refractivity contribution in [2.75, 3.05) is 6.79 Å². The van der Waals surface area contributed by atoms with Crippen molar-refractivity contribution in [2.24, 2.45) is 0 Å². The predicted molar refractivity (Wildman–Crippen MR) is 103 cm³/mol. The van der Waals surface area contributed by atoms with Crippen LogP contribution in [0.4, 0.5) is 0 Å². The van der Waals surface area contributed by atoms with Crippen molar-refractivity contribution in [3.05, 3.63) is 83.2 Å². The zero-order chi connectivity index (χ0) is 19.5. The number of nitrogens with zero attached hydrogens (tertiary/aromatic N) is 2. The number of hydrogen-bond acceptors (Lipinski definition) is 5. The first kappa shape index (κ1) is 17.9. The van der Waals surface area contributed by atoms with E-state index >= 15 is 0 Å². The minimum absolute atomic E-state index is 0.0784. The number of aromatic hydroxyl groups is 1. The van der Waals surface area contributed by atoms with E-state index in [9.17, 15) is 9.90 Å². The first-order valence-electron chi connectivity index (χ1n) is 8.97. The summed E-state index contributed by atoms with van der Waals surface area (Å²) in [6.45, 7) is 2.87. The maximum absolute atomic E-state index is 13.3. The van der Waals surface area contributed by atoms with Gasteiger partial charge in [0.15, 0.2) is 11.5 Å². The number of benzene rings is 2. The van der Waals surface area contributed by atoms with Crippen LogP contribution in [-0.4, -0.2) is 27.7 Å². The topological polar surface area (TPSA) is 71.9 Å². The number of hydrogen-bond donors (Lipinski definition) is 1. The lowest BCUT2D eigenvalue weighted by Crippen LogP contribution is -2.30. The zero-order valence-electron chi connectivity index (χ0n) is 15.5. The minimum Gasteiger partial charge on any atom is -0.507 e.